The number of anilines is 1. The van der Waals surface area contributed by atoms with E-state index in [-0.39, 0.29) is 4.90 Å². The van der Waals surface area contributed by atoms with Crippen molar-refractivity contribution >= 4 is 15.7 Å². The van der Waals surface area contributed by atoms with Crippen molar-refractivity contribution in [3.05, 3.63) is 46.9 Å². The maximum absolute atomic E-state index is 11.5. The van der Waals surface area contributed by atoms with E-state index in [0.717, 1.165) is 34.8 Å². The zero-order valence-electron chi connectivity index (χ0n) is 12.4. The van der Waals surface area contributed by atoms with E-state index in [1.807, 2.05) is 32.9 Å². The van der Waals surface area contributed by atoms with Gasteiger partial charge in [0, 0.05) is 12.1 Å². The first-order chi connectivity index (χ1) is 9.81. The highest BCUT2D eigenvalue weighted by atomic mass is 32.2. The van der Waals surface area contributed by atoms with Crippen molar-refractivity contribution < 1.29 is 12.8 Å². The highest BCUT2D eigenvalue weighted by Crippen LogP contribution is 2.24. The Morgan fingerprint density at radius 2 is 1.86 bits per heavy atom. The number of hydrogen-bond acceptors (Lipinski definition) is 4. The van der Waals surface area contributed by atoms with Crippen molar-refractivity contribution in [2.75, 3.05) is 5.32 Å². The van der Waals surface area contributed by atoms with Crippen molar-refractivity contribution in [1.29, 1.82) is 0 Å². The molecule has 5 nitrogen and oxygen atoms in total. The SMILES string of the molecule is CCc1ccc(CNc2cc(S(N)(=O)=O)cc(C)c2C)o1. The zero-order chi connectivity index (χ0) is 15.6. The number of sulfonamides is 1. The van der Waals surface area contributed by atoms with Crippen LogP contribution in [0, 0.1) is 13.8 Å². The van der Waals surface area contributed by atoms with Crippen LogP contribution in [-0.2, 0) is 23.0 Å². The fraction of sp³-hybridized carbons (Fsp3) is 0.333. The second-order valence-electron chi connectivity index (χ2n) is 5.03. The molecular weight excluding hydrogens is 288 g/mol. The first kappa shape index (κ1) is 15.6. The van der Waals surface area contributed by atoms with Gasteiger partial charge in [-0.25, -0.2) is 13.6 Å². The lowest BCUT2D eigenvalue weighted by Gasteiger charge is -2.12. The molecule has 0 atom stereocenters. The summed E-state index contributed by atoms with van der Waals surface area (Å²) >= 11 is 0. The molecule has 0 aliphatic carbocycles. The van der Waals surface area contributed by atoms with E-state index in [1.54, 1.807) is 12.1 Å². The first-order valence-electron chi connectivity index (χ1n) is 6.76. The highest BCUT2D eigenvalue weighted by Gasteiger charge is 2.12. The molecular formula is C15H20N2O3S. The van der Waals surface area contributed by atoms with E-state index in [0.29, 0.717) is 6.54 Å². The Morgan fingerprint density at radius 3 is 2.43 bits per heavy atom. The van der Waals surface area contributed by atoms with Crippen LogP contribution < -0.4 is 10.5 Å². The summed E-state index contributed by atoms with van der Waals surface area (Å²) < 4.78 is 28.6. The van der Waals surface area contributed by atoms with Crippen LogP contribution in [0.5, 0.6) is 0 Å². The molecule has 2 aromatic rings. The van der Waals surface area contributed by atoms with E-state index >= 15 is 0 Å². The Bertz CT molecular complexity index is 748. The number of rotatable bonds is 5. The number of hydrogen-bond donors (Lipinski definition) is 2. The molecule has 0 aliphatic heterocycles. The second kappa shape index (κ2) is 5.91. The Kier molecular flexibility index (Phi) is 4.39. The van der Waals surface area contributed by atoms with Crippen LogP contribution in [0.1, 0.15) is 29.6 Å². The number of nitrogens with one attached hydrogen (secondary N) is 1. The van der Waals surface area contributed by atoms with Gasteiger partial charge in [-0.2, -0.15) is 0 Å². The lowest BCUT2D eigenvalue weighted by Crippen LogP contribution is -2.13. The molecule has 0 bridgehead atoms. The zero-order valence-corrected chi connectivity index (χ0v) is 13.3. The van der Waals surface area contributed by atoms with Crippen molar-refractivity contribution in [3.8, 4) is 0 Å². The van der Waals surface area contributed by atoms with Crippen LogP contribution in [0.4, 0.5) is 5.69 Å². The predicted molar refractivity (Wildman–Crippen MR) is 82.7 cm³/mol. The van der Waals surface area contributed by atoms with Gasteiger partial charge in [0.15, 0.2) is 0 Å². The van der Waals surface area contributed by atoms with Crippen LogP contribution in [0.2, 0.25) is 0 Å². The largest absolute Gasteiger partial charge is 0.464 e. The fourth-order valence-electron chi connectivity index (χ4n) is 2.06. The average Bonchev–Trinajstić information content (AvgIpc) is 2.87. The molecule has 2 rings (SSSR count). The van der Waals surface area contributed by atoms with E-state index in [9.17, 15) is 8.42 Å². The summed E-state index contributed by atoms with van der Waals surface area (Å²) in [6.45, 7) is 6.31. The first-order valence-corrected chi connectivity index (χ1v) is 8.31. The van der Waals surface area contributed by atoms with Gasteiger partial charge in [-0.05, 0) is 49.2 Å². The highest BCUT2D eigenvalue weighted by molar-refractivity contribution is 7.89. The standard InChI is InChI=1S/C15H20N2O3S/c1-4-12-5-6-13(20-12)9-17-15-8-14(21(16,18)19)7-10(2)11(15)3/h5-8,17H,4,9H2,1-3H3,(H2,16,18,19). The van der Waals surface area contributed by atoms with E-state index in [1.165, 1.54) is 0 Å². The van der Waals surface area contributed by atoms with Gasteiger partial charge in [0.2, 0.25) is 10.0 Å². The van der Waals surface area contributed by atoms with Gasteiger partial charge < -0.3 is 9.73 Å². The Morgan fingerprint density at radius 1 is 1.19 bits per heavy atom. The lowest BCUT2D eigenvalue weighted by atomic mass is 10.1. The van der Waals surface area contributed by atoms with Crippen LogP contribution in [0.15, 0.2) is 33.6 Å². The smallest absolute Gasteiger partial charge is 0.238 e. The maximum Gasteiger partial charge on any atom is 0.238 e. The number of primary sulfonamides is 1. The summed E-state index contributed by atoms with van der Waals surface area (Å²) in [4.78, 5) is 0.113. The van der Waals surface area contributed by atoms with Gasteiger partial charge in [0.05, 0.1) is 11.4 Å². The Labute approximate surface area is 125 Å². The minimum absolute atomic E-state index is 0.113. The average molecular weight is 308 g/mol. The molecule has 1 aromatic heterocycles. The third kappa shape index (κ3) is 3.65. The molecule has 1 aromatic carbocycles. The van der Waals surface area contributed by atoms with Crippen molar-refractivity contribution in [3.63, 3.8) is 0 Å². The summed E-state index contributed by atoms with van der Waals surface area (Å²) in [6.07, 6.45) is 0.846. The van der Waals surface area contributed by atoms with Gasteiger partial charge in [-0.15, -0.1) is 0 Å². The van der Waals surface area contributed by atoms with Crippen molar-refractivity contribution in [2.45, 2.75) is 38.6 Å². The van der Waals surface area contributed by atoms with E-state index in [4.69, 9.17) is 9.56 Å². The molecule has 3 N–H and O–H groups in total. The van der Waals surface area contributed by atoms with E-state index < -0.39 is 10.0 Å². The third-order valence-electron chi connectivity index (χ3n) is 3.49. The summed E-state index contributed by atoms with van der Waals surface area (Å²) in [6, 6.07) is 6.99. The molecule has 21 heavy (non-hydrogen) atoms. The van der Waals surface area contributed by atoms with Gasteiger partial charge in [-0.3, -0.25) is 0 Å². The molecule has 0 amide bonds. The Balaban J connectivity index is 2.25. The molecule has 0 saturated carbocycles. The molecule has 6 heteroatoms. The van der Waals surface area contributed by atoms with Crippen molar-refractivity contribution in [2.24, 2.45) is 5.14 Å². The molecule has 0 saturated heterocycles. The Hall–Kier alpha value is -1.79. The maximum atomic E-state index is 11.5. The fourth-order valence-corrected chi connectivity index (χ4v) is 2.69. The van der Waals surface area contributed by atoms with Crippen molar-refractivity contribution in [1.82, 2.24) is 0 Å². The van der Waals surface area contributed by atoms with Gasteiger partial charge >= 0.3 is 0 Å². The summed E-state index contributed by atoms with van der Waals surface area (Å²) in [5.41, 5.74) is 2.61. The van der Waals surface area contributed by atoms with E-state index in [2.05, 4.69) is 5.32 Å². The molecule has 0 unspecified atom stereocenters. The number of furan rings is 1. The van der Waals surface area contributed by atoms with Crippen LogP contribution in [0.3, 0.4) is 0 Å². The summed E-state index contributed by atoms with van der Waals surface area (Å²) in [5, 5.41) is 8.41. The summed E-state index contributed by atoms with van der Waals surface area (Å²) in [5.74, 6) is 1.74. The molecule has 0 radical (unpaired) electrons. The topological polar surface area (TPSA) is 85.3 Å². The van der Waals surface area contributed by atoms with Crippen LogP contribution in [-0.4, -0.2) is 8.42 Å². The third-order valence-corrected chi connectivity index (χ3v) is 4.38. The molecule has 1 heterocycles. The number of nitrogens with two attached hydrogens (primary N) is 1. The minimum atomic E-state index is -3.71. The van der Waals surface area contributed by atoms with Crippen LogP contribution >= 0.6 is 0 Å². The lowest BCUT2D eigenvalue weighted by molar-refractivity contribution is 0.476. The molecule has 0 aliphatic rings. The van der Waals surface area contributed by atoms with Gasteiger partial charge in [0.1, 0.15) is 11.5 Å². The van der Waals surface area contributed by atoms with Crippen LogP contribution in [0.25, 0.3) is 0 Å². The van der Waals surface area contributed by atoms with Gasteiger partial charge in [0.25, 0.3) is 0 Å². The molecule has 0 fully saturated rings. The number of aryl methyl sites for hydroxylation is 2. The quantitative estimate of drug-likeness (QED) is 0.889. The predicted octanol–water partition coefficient (Wildman–Crippen LogP) is 2.72. The molecule has 0 spiro atoms. The monoisotopic (exact) mass is 308 g/mol. The van der Waals surface area contributed by atoms with Gasteiger partial charge in [-0.1, -0.05) is 6.92 Å². The second-order valence-corrected chi connectivity index (χ2v) is 6.59. The minimum Gasteiger partial charge on any atom is -0.464 e. The molecule has 114 valence electrons. The normalized spacial score (nSPS) is 11.6. The summed E-state index contributed by atoms with van der Waals surface area (Å²) in [7, 11) is -3.71. The number of benzene rings is 1.